The number of carbonyl (C=O) groups excluding carboxylic acids is 2. The van der Waals surface area contributed by atoms with Crippen molar-refractivity contribution in [2.24, 2.45) is 0 Å². The molecule has 0 spiro atoms. The van der Waals surface area contributed by atoms with Gasteiger partial charge in [0.25, 0.3) is 0 Å². The molecule has 47 heavy (non-hydrogen) atoms. The summed E-state index contributed by atoms with van der Waals surface area (Å²) in [5.41, 5.74) is 1.34. The van der Waals surface area contributed by atoms with Crippen LogP contribution in [0.25, 0.3) is 0 Å². The average molecular weight is 653 g/mol. The molecular formula is C34H53B2N3O8. The highest BCUT2D eigenvalue weighted by Crippen LogP contribution is 2.37. The van der Waals surface area contributed by atoms with Crippen molar-refractivity contribution in [3.8, 4) is 0 Å². The summed E-state index contributed by atoms with van der Waals surface area (Å²) in [6, 6.07) is 5.67. The molecule has 3 aliphatic rings. The van der Waals surface area contributed by atoms with Crippen molar-refractivity contribution in [3.63, 3.8) is 0 Å². The molecule has 3 aliphatic heterocycles. The minimum absolute atomic E-state index is 0.237. The molecular weight excluding hydrogens is 600 g/mol. The van der Waals surface area contributed by atoms with E-state index in [0.29, 0.717) is 18.7 Å². The summed E-state index contributed by atoms with van der Waals surface area (Å²) in [6.07, 6.45) is 5.30. The Morgan fingerprint density at radius 3 is 1.87 bits per heavy atom. The monoisotopic (exact) mass is 653 g/mol. The molecule has 2 aromatic rings. The molecule has 1 amide bonds. The third-order valence-electron chi connectivity index (χ3n) is 9.84. The fourth-order valence-corrected chi connectivity index (χ4v) is 5.40. The van der Waals surface area contributed by atoms with Gasteiger partial charge in [-0.3, -0.25) is 4.68 Å². The van der Waals surface area contributed by atoms with E-state index < -0.39 is 31.0 Å². The number of methoxy groups -OCH3 is 1. The van der Waals surface area contributed by atoms with Crippen LogP contribution in [0.2, 0.25) is 0 Å². The van der Waals surface area contributed by atoms with Gasteiger partial charge in [0, 0.05) is 30.9 Å². The van der Waals surface area contributed by atoms with E-state index in [1.54, 1.807) is 17.0 Å². The second-order valence-electron chi connectivity index (χ2n) is 15.7. The maximum atomic E-state index is 12.2. The lowest BCUT2D eigenvalue weighted by Gasteiger charge is -2.33. The quantitative estimate of drug-likeness (QED) is 0.339. The van der Waals surface area contributed by atoms with Gasteiger partial charge in [-0.05, 0) is 114 Å². The Morgan fingerprint density at radius 2 is 1.38 bits per heavy atom. The molecule has 3 saturated heterocycles. The Labute approximate surface area is 281 Å². The molecule has 4 heterocycles. The summed E-state index contributed by atoms with van der Waals surface area (Å²) in [5, 5.41) is 4.53. The molecule has 1 aromatic carbocycles. The molecule has 1 aromatic heterocycles. The Morgan fingerprint density at radius 1 is 0.872 bits per heavy atom. The third kappa shape index (κ3) is 8.24. The Kier molecular flexibility index (Phi) is 10.4. The number of hydrogen-bond donors (Lipinski definition) is 0. The van der Waals surface area contributed by atoms with E-state index in [2.05, 4.69) is 5.10 Å². The van der Waals surface area contributed by atoms with Crippen LogP contribution < -0.4 is 10.9 Å². The molecule has 0 aliphatic carbocycles. The molecule has 13 heteroatoms. The number of likely N-dealkylation sites (tertiary alicyclic amines) is 1. The summed E-state index contributed by atoms with van der Waals surface area (Å²) in [4.78, 5) is 25.6. The second-order valence-corrected chi connectivity index (χ2v) is 15.7. The van der Waals surface area contributed by atoms with Gasteiger partial charge >= 0.3 is 26.3 Å². The minimum Gasteiger partial charge on any atom is -0.465 e. The first-order valence-electron chi connectivity index (χ1n) is 16.5. The van der Waals surface area contributed by atoms with E-state index in [-0.39, 0.29) is 29.3 Å². The number of piperidine rings is 1. The molecule has 5 rings (SSSR count). The highest BCUT2D eigenvalue weighted by molar-refractivity contribution is 6.63. The zero-order chi connectivity index (χ0) is 35.2. The van der Waals surface area contributed by atoms with Gasteiger partial charge in [-0.25, -0.2) is 9.59 Å². The van der Waals surface area contributed by atoms with Gasteiger partial charge in [0.05, 0.1) is 41.1 Å². The molecule has 0 radical (unpaired) electrons. The summed E-state index contributed by atoms with van der Waals surface area (Å²) in [5.74, 6) is -0.359. The molecule has 0 atom stereocenters. The predicted molar refractivity (Wildman–Crippen MR) is 182 cm³/mol. The lowest BCUT2D eigenvalue weighted by atomic mass is 9.75. The van der Waals surface area contributed by atoms with Gasteiger partial charge in [0.1, 0.15) is 5.60 Å². The number of aryl methyl sites for hydroxylation is 1. The number of nitrogens with zero attached hydrogens (tertiary/aromatic N) is 3. The van der Waals surface area contributed by atoms with Crippen LogP contribution in [-0.4, -0.2) is 89.2 Å². The highest BCUT2D eigenvalue weighted by atomic mass is 16.7. The van der Waals surface area contributed by atoms with Crippen LogP contribution in [0, 0.1) is 6.92 Å². The zero-order valence-corrected chi connectivity index (χ0v) is 30.6. The first-order chi connectivity index (χ1) is 21.6. The normalized spacial score (nSPS) is 21.7. The van der Waals surface area contributed by atoms with Gasteiger partial charge < -0.3 is 33.0 Å². The minimum atomic E-state index is -0.468. The van der Waals surface area contributed by atoms with E-state index in [4.69, 9.17) is 28.1 Å². The number of aromatic nitrogens is 2. The van der Waals surface area contributed by atoms with Crippen molar-refractivity contribution in [2.75, 3.05) is 20.2 Å². The molecule has 3 fully saturated rings. The van der Waals surface area contributed by atoms with Crippen LogP contribution in [0.5, 0.6) is 0 Å². The zero-order valence-electron chi connectivity index (χ0n) is 30.6. The number of rotatable bonds is 4. The molecule has 258 valence electrons. The van der Waals surface area contributed by atoms with Crippen LogP contribution in [0.4, 0.5) is 4.79 Å². The van der Waals surface area contributed by atoms with Gasteiger partial charge in [0.2, 0.25) is 0 Å². The van der Waals surface area contributed by atoms with E-state index in [1.165, 1.54) is 7.11 Å². The summed E-state index contributed by atoms with van der Waals surface area (Å²) in [7, 11) is 0.506. The lowest BCUT2D eigenvalue weighted by Crippen LogP contribution is -2.42. The maximum Gasteiger partial charge on any atom is 0.498 e. The van der Waals surface area contributed by atoms with Crippen molar-refractivity contribution in [2.45, 2.75) is 130 Å². The van der Waals surface area contributed by atoms with E-state index in [9.17, 15) is 9.59 Å². The summed E-state index contributed by atoms with van der Waals surface area (Å²) in [6.45, 7) is 25.2. The van der Waals surface area contributed by atoms with Crippen LogP contribution in [0.15, 0.2) is 30.6 Å². The molecule has 0 unspecified atom stereocenters. The van der Waals surface area contributed by atoms with E-state index in [0.717, 1.165) is 29.3 Å². The first kappa shape index (κ1) is 37.0. The van der Waals surface area contributed by atoms with Crippen LogP contribution >= 0.6 is 0 Å². The largest absolute Gasteiger partial charge is 0.498 e. The van der Waals surface area contributed by atoms with Crippen molar-refractivity contribution in [1.29, 1.82) is 0 Å². The first-order valence-corrected chi connectivity index (χ1v) is 16.5. The fraction of sp³-hybridized carbons (Fsp3) is 0.676. The van der Waals surface area contributed by atoms with Gasteiger partial charge in [0.15, 0.2) is 0 Å². The number of ether oxygens (including phenoxy) is 2. The number of esters is 1. The molecule has 0 saturated carbocycles. The summed E-state index contributed by atoms with van der Waals surface area (Å²) < 4.78 is 36.4. The predicted octanol–water partition coefficient (Wildman–Crippen LogP) is 4.84. The molecule has 0 N–H and O–H groups in total. The highest BCUT2D eigenvalue weighted by Gasteiger charge is 2.53. The Hall–Kier alpha value is -2.86. The SMILES string of the molecule is CC(C)(C)OC(=O)N1CCC(n2cc(B3OC(C)(C)C(C)(C)O3)cn2)CC1.COC(=O)c1ccc(C)c(B2OC(C)(C)C(C)(C)O2)c1. The van der Waals surface area contributed by atoms with E-state index in [1.807, 2.05) is 106 Å². The van der Waals surface area contributed by atoms with Crippen LogP contribution in [0.3, 0.4) is 0 Å². The van der Waals surface area contributed by atoms with Crippen molar-refractivity contribution < 1.29 is 37.7 Å². The van der Waals surface area contributed by atoms with Gasteiger partial charge in [-0.2, -0.15) is 5.10 Å². The van der Waals surface area contributed by atoms with Gasteiger partial charge in [-0.15, -0.1) is 0 Å². The van der Waals surface area contributed by atoms with E-state index >= 15 is 0 Å². The number of hydrogen-bond acceptors (Lipinski definition) is 9. The van der Waals surface area contributed by atoms with Crippen molar-refractivity contribution >= 4 is 37.2 Å². The lowest BCUT2D eigenvalue weighted by molar-refractivity contribution is 0.00578. The topological polar surface area (TPSA) is 111 Å². The molecule has 11 nitrogen and oxygen atoms in total. The van der Waals surface area contributed by atoms with Crippen molar-refractivity contribution in [1.82, 2.24) is 14.7 Å². The number of amides is 1. The van der Waals surface area contributed by atoms with Gasteiger partial charge in [-0.1, -0.05) is 11.6 Å². The Balaban J connectivity index is 0.000000223. The average Bonchev–Trinajstić information content (AvgIpc) is 3.59. The summed E-state index contributed by atoms with van der Waals surface area (Å²) >= 11 is 0. The van der Waals surface area contributed by atoms with Crippen LogP contribution in [0.1, 0.15) is 111 Å². The fourth-order valence-electron chi connectivity index (χ4n) is 5.40. The van der Waals surface area contributed by atoms with Crippen molar-refractivity contribution in [3.05, 3.63) is 41.7 Å². The third-order valence-corrected chi connectivity index (χ3v) is 9.84. The number of carbonyl (C=O) groups is 2. The van der Waals surface area contributed by atoms with Crippen LogP contribution in [-0.2, 0) is 28.1 Å². The Bertz CT molecular complexity index is 1410. The maximum absolute atomic E-state index is 12.2. The number of benzene rings is 1. The molecule has 0 bridgehead atoms. The second kappa shape index (κ2) is 13.2. The standard InChI is InChI=1S/C19H32BN3O4.C15H21BO4/c1-17(2,3)25-16(24)22-10-8-15(9-11-22)23-13-14(12-21-23)20-26-18(4,5)19(6,7)27-20;1-10-7-8-11(13(17)18-6)9-12(10)16-19-14(2,3)15(4,5)20-16/h12-13,15H,8-11H2,1-7H3;7-9H,1-6H3. The smallest absolute Gasteiger partial charge is 0.465 e.